The Morgan fingerprint density at radius 1 is 0.955 bits per heavy atom. The molecule has 0 bridgehead atoms. The minimum atomic E-state index is -0.595. The van der Waals surface area contributed by atoms with Crippen LogP contribution in [-0.4, -0.2) is 15.6 Å². The van der Waals surface area contributed by atoms with Gasteiger partial charge in [0.25, 0.3) is 11.4 Å². The summed E-state index contributed by atoms with van der Waals surface area (Å²) >= 11 is 0. The first-order valence-corrected chi connectivity index (χ1v) is 6.19. The fraction of sp³-hybridized carbons (Fsp3) is 0. The highest BCUT2D eigenvalue weighted by atomic mass is 16.6. The Morgan fingerprint density at radius 2 is 1.68 bits per heavy atom. The van der Waals surface area contributed by atoms with E-state index in [4.69, 9.17) is 0 Å². The number of carbonyl (C=O) groups excluding carboxylic acids is 1. The summed E-state index contributed by atoms with van der Waals surface area (Å²) in [6.45, 7) is 0. The van der Waals surface area contributed by atoms with Crippen LogP contribution in [0.15, 0.2) is 54.6 Å². The standard InChI is InChI=1S/C15H10N2O5/c18-15(12-5-3-6-13(10-12)16(19)20)9-8-11-4-1-2-7-14(11)17(21)22/h1-10H/b9-8+. The zero-order chi connectivity index (χ0) is 16.1. The molecule has 0 N–H and O–H groups in total. The SMILES string of the molecule is O=C(/C=C/c1ccccc1[N+](=O)[O-])c1cccc([N+](=O)[O-])c1. The van der Waals surface area contributed by atoms with Crippen molar-refractivity contribution >= 4 is 23.2 Å². The molecule has 0 heterocycles. The zero-order valence-electron chi connectivity index (χ0n) is 11.2. The number of nitro benzene ring substituents is 2. The average Bonchev–Trinajstić information content (AvgIpc) is 2.52. The van der Waals surface area contributed by atoms with Gasteiger partial charge in [-0.2, -0.15) is 0 Å². The Morgan fingerprint density at radius 3 is 2.36 bits per heavy atom. The monoisotopic (exact) mass is 298 g/mol. The predicted octanol–water partition coefficient (Wildman–Crippen LogP) is 3.40. The average molecular weight is 298 g/mol. The molecule has 0 spiro atoms. The van der Waals surface area contributed by atoms with Gasteiger partial charge in [0.1, 0.15) is 0 Å². The van der Waals surface area contributed by atoms with Gasteiger partial charge in [0.15, 0.2) is 5.78 Å². The van der Waals surface area contributed by atoms with Crippen LogP contribution in [0.3, 0.4) is 0 Å². The quantitative estimate of drug-likeness (QED) is 0.364. The number of nitrogens with zero attached hydrogens (tertiary/aromatic N) is 2. The molecule has 0 saturated carbocycles. The van der Waals surface area contributed by atoms with E-state index in [-0.39, 0.29) is 22.5 Å². The summed E-state index contributed by atoms with van der Waals surface area (Å²) in [6.07, 6.45) is 2.47. The Hall–Kier alpha value is -3.35. The minimum absolute atomic E-state index is 0.120. The lowest BCUT2D eigenvalue weighted by molar-refractivity contribution is -0.385. The number of allylic oxidation sites excluding steroid dienone is 1. The van der Waals surface area contributed by atoms with Gasteiger partial charge in [-0.05, 0) is 18.2 Å². The molecule has 0 aliphatic heterocycles. The number of rotatable bonds is 5. The Kier molecular flexibility index (Phi) is 4.38. The van der Waals surface area contributed by atoms with E-state index in [1.165, 1.54) is 42.5 Å². The summed E-state index contributed by atoms with van der Waals surface area (Å²) < 4.78 is 0. The van der Waals surface area contributed by atoms with Crippen LogP contribution in [0.25, 0.3) is 6.08 Å². The lowest BCUT2D eigenvalue weighted by Gasteiger charge is -1.98. The molecule has 2 rings (SSSR count). The van der Waals surface area contributed by atoms with Crippen LogP contribution in [0.5, 0.6) is 0 Å². The van der Waals surface area contributed by atoms with Crippen LogP contribution < -0.4 is 0 Å². The molecule has 0 aromatic heterocycles. The molecule has 2 aromatic rings. The second-order valence-electron chi connectivity index (χ2n) is 4.32. The Balaban J connectivity index is 2.27. The third-order valence-electron chi connectivity index (χ3n) is 2.89. The molecular formula is C15H10N2O5. The second kappa shape index (κ2) is 6.40. The van der Waals surface area contributed by atoms with E-state index in [1.807, 2.05) is 0 Å². The van der Waals surface area contributed by atoms with E-state index >= 15 is 0 Å². The van der Waals surface area contributed by atoms with Crippen LogP contribution in [0, 0.1) is 20.2 Å². The highest BCUT2D eigenvalue weighted by molar-refractivity contribution is 6.07. The minimum Gasteiger partial charge on any atom is -0.289 e. The van der Waals surface area contributed by atoms with Gasteiger partial charge in [-0.25, -0.2) is 0 Å². The smallest absolute Gasteiger partial charge is 0.276 e. The number of hydrogen-bond acceptors (Lipinski definition) is 5. The maximum Gasteiger partial charge on any atom is 0.276 e. The van der Waals surface area contributed by atoms with Crippen LogP contribution in [0.4, 0.5) is 11.4 Å². The Labute approximate surface area is 124 Å². The van der Waals surface area contributed by atoms with E-state index in [2.05, 4.69) is 0 Å². The molecule has 0 saturated heterocycles. The fourth-order valence-electron chi connectivity index (χ4n) is 1.83. The number of benzene rings is 2. The summed E-state index contributed by atoms with van der Waals surface area (Å²) in [6, 6.07) is 11.3. The summed E-state index contributed by atoms with van der Waals surface area (Å²) in [5, 5.41) is 21.5. The number of nitro groups is 2. The highest BCUT2D eigenvalue weighted by Gasteiger charge is 2.12. The van der Waals surface area contributed by atoms with Gasteiger partial charge in [0, 0.05) is 23.8 Å². The number of para-hydroxylation sites is 1. The van der Waals surface area contributed by atoms with Crippen LogP contribution >= 0.6 is 0 Å². The lowest BCUT2D eigenvalue weighted by atomic mass is 10.1. The first-order chi connectivity index (χ1) is 10.5. The fourth-order valence-corrected chi connectivity index (χ4v) is 1.83. The van der Waals surface area contributed by atoms with Gasteiger partial charge < -0.3 is 0 Å². The molecule has 0 amide bonds. The van der Waals surface area contributed by atoms with Gasteiger partial charge in [-0.15, -0.1) is 0 Å². The van der Waals surface area contributed by atoms with Gasteiger partial charge in [-0.1, -0.05) is 24.3 Å². The molecule has 22 heavy (non-hydrogen) atoms. The van der Waals surface area contributed by atoms with Crippen molar-refractivity contribution in [2.24, 2.45) is 0 Å². The molecule has 0 atom stereocenters. The summed E-state index contributed by atoms with van der Waals surface area (Å²) in [7, 11) is 0. The molecule has 0 fully saturated rings. The van der Waals surface area contributed by atoms with Gasteiger partial charge in [0.05, 0.1) is 15.4 Å². The van der Waals surface area contributed by atoms with Crippen molar-refractivity contribution in [2.75, 3.05) is 0 Å². The van der Waals surface area contributed by atoms with Crippen LogP contribution in [0.2, 0.25) is 0 Å². The number of carbonyl (C=O) groups is 1. The van der Waals surface area contributed by atoms with E-state index < -0.39 is 15.6 Å². The molecule has 7 heteroatoms. The highest BCUT2D eigenvalue weighted by Crippen LogP contribution is 2.20. The van der Waals surface area contributed by atoms with E-state index in [0.29, 0.717) is 0 Å². The van der Waals surface area contributed by atoms with Crippen LogP contribution in [0.1, 0.15) is 15.9 Å². The second-order valence-corrected chi connectivity index (χ2v) is 4.32. The maximum absolute atomic E-state index is 12.0. The van der Waals surface area contributed by atoms with Crippen molar-refractivity contribution in [3.63, 3.8) is 0 Å². The number of hydrogen-bond donors (Lipinski definition) is 0. The molecule has 0 aliphatic carbocycles. The van der Waals surface area contributed by atoms with E-state index in [0.717, 1.165) is 12.1 Å². The van der Waals surface area contributed by atoms with Crippen molar-refractivity contribution in [3.8, 4) is 0 Å². The summed E-state index contributed by atoms with van der Waals surface area (Å²) in [5.41, 5.74) is 0.117. The maximum atomic E-state index is 12.0. The number of ketones is 1. The molecule has 0 aliphatic rings. The zero-order valence-corrected chi connectivity index (χ0v) is 11.2. The Bertz CT molecular complexity index is 783. The van der Waals surface area contributed by atoms with Gasteiger partial charge >= 0.3 is 0 Å². The van der Waals surface area contributed by atoms with Crippen LogP contribution in [-0.2, 0) is 0 Å². The molecular weight excluding hydrogens is 288 g/mol. The topological polar surface area (TPSA) is 103 Å². The third-order valence-corrected chi connectivity index (χ3v) is 2.89. The van der Waals surface area contributed by atoms with Crippen molar-refractivity contribution in [3.05, 3.63) is 86.0 Å². The third kappa shape index (κ3) is 3.40. The molecule has 2 aromatic carbocycles. The van der Waals surface area contributed by atoms with Crippen molar-refractivity contribution in [2.45, 2.75) is 0 Å². The first-order valence-electron chi connectivity index (χ1n) is 6.19. The van der Waals surface area contributed by atoms with Crippen molar-refractivity contribution < 1.29 is 14.6 Å². The summed E-state index contributed by atoms with van der Waals surface area (Å²) in [5.74, 6) is -0.471. The molecule has 0 unspecified atom stereocenters. The normalized spacial score (nSPS) is 10.5. The molecule has 7 nitrogen and oxygen atoms in total. The lowest BCUT2D eigenvalue weighted by Crippen LogP contribution is -1.97. The van der Waals surface area contributed by atoms with E-state index in [9.17, 15) is 25.0 Å². The van der Waals surface area contributed by atoms with Crippen molar-refractivity contribution in [1.82, 2.24) is 0 Å². The van der Waals surface area contributed by atoms with Gasteiger partial charge in [-0.3, -0.25) is 25.0 Å². The molecule has 110 valence electrons. The predicted molar refractivity (Wildman–Crippen MR) is 79.6 cm³/mol. The molecule has 0 radical (unpaired) electrons. The van der Waals surface area contributed by atoms with Crippen molar-refractivity contribution in [1.29, 1.82) is 0 Å². The van der Waals surface area contributed by atoms with E-state index in [1.54, 1.807) is 6.07 Å². The largest absolute Gasteiger partial charge is 0.289 e. The first kappa shape index (κ1) is 15.0. The van der Waals surface area contributed by atoms with Gasteiger partial charge in [0.2, 0.25) is 0 Å². The summed E-state index contributed by atoms with van der Waals surface area (Å²) in [4.78, 5) is 32.4. The number of non-ortho nitro benzene ring substituents is 1.